The number of carbonyl (C=O) groups is 4. The van der Waals surface area contributed by atoms with Gasteiger partial charge in [0, 0.05) is 23.1 Å². The van der Waals surface area contributed by atoms with Crippen LogP contribution in [0.15, 0.2) is 88.1 Å². The topological polar surface area (TPSA) is 118 Å². The Hall–Kier alpha value is -5.13. The largest absolute Gasteiger partial charge is 0.465 e. The first-order chi connectivity index (χ1) is 19.0. The number of amides is 2. The van der Waals surface area contributed by atoms with Gasteiger partial charge >= 0.3 is 24.0 Å². The number of carbonyl (C=O) groups excluding carboxylic acids is 4. The van der Waals surface area contributed by atoms with Crippen molar-refractivity contribution in [3.63, 3.8) is 0 Å². The molecule has 0 radical (unpaired) electrons. The van der Waals surface area contributed by atoms with Gasteiger partial charge in [0.15, 0.2) is 0 Å². The minimum absolute atomic E-state index is 0.122. The zero-order valence-electron chi connectivity index (χ0n) is 21.2. The lowest BCUT2D eigenvalue weighted by Gasteiger charge is -2.21. The molecular weight excluding hydrogens is 531 g/mol. The van der Waals surface area contributed by atoms with E-state index < -0.39 is 35.3 Å². The highest BCUT2D eigenvalue weighted by atomic mass is 19.4. The van der Waals surface area contributed by atoms with Crippen LogP contribution in [0.25, 0.3) is 6.08 Å². The maximum atomic E-state index is 13.2. The molecule has 3 aromatic rings. The van der Waals surface area contributed by atoms with Gasteiger partial charge in [-0.05, 0) is 49.4 Å². The number of nitrogens with one attached hydrogen (secondary N) is 2. The summed E-state index contributed by atoms with van der Waals surface area (Å²) < 4.78 is 49.1. The summed E-state index contributed by atoms with van der Waals surface area (Å²) in [4.78, 5) is 51.4. The molecule has 9 nitrogen and oxygen atoms in total. The molecule has 2 N–H and O–H groups in total. The van der Waals surface area contributed by atoms with Crippen LogP contribution in [0.1, 0.15) is 24.0 Å². The summed E-state index contributed by atoms with van der Waals surface area (Å²) in [5.41, 5.74) is -0.151. The van der Waals surface area contributed by atoms with Gasteiger partial charge in [0.05, 0.1) is 24.9 Å². The summed E-state index contributed by atoms with van der Waals surface area (Å²) in [7, 11) is 1.18. The average molecular weight is 553 g/mol. The van der Waals surface area contributed by atoms with Crippen LogP contribution in [0.3, 0.4) is 0 Å². The standard InChI is InChI=1S/C28H22F3N3O6/c1-16-23(27(38)39-2)24(35)22(34(16)19-9-4-3-5-10-19)14-20-11-12-21(40-20)15-32-25(36)26(37)33-18-8-6-7-17(13-18)28(29,30)31/h3-14H,15H2,1-2H3,(H,32,36)(H,33,37)/b22-14+. The van der Waals surface area contributed by atoms with E-state index in [0.717, 1.165) is 12.1 Å². The van der Waals surface area contributed by atoms with Crippen molar-refractivity contribution >= 4 is 41.0 Å². The number of nitrogens with zero attached hydrogens (tertiary/aromatic N) is 1. The molecule has 0 atom stereocenters. The van der Waals surface area contributed by atoms with Gasteiger partial charge in [-0.1, -0.05) is 24.3 Å². The van der Waals surface area contributed by atoms with E-state index in [2.05, 4.69) is 10.6 Å². The third-order valence-electron chi connectivity index (χ3n) is 5.84. The number of Topliss-reactive ketones (excluding diaryl/α,β-unsaturated/α-hetero) is 1. The highest BCUT2D eigenvalue weighted by Gasteiger charge is 2.38. The van der Waals surface area contributed by atoms with E-state index in [1.165, 1.54) is 31.4 Å². The zero-order chi connectivity index (χ0) is 29.0. The Labute approximate surface area is 225 Å². The lowest BCUT2D eigenvalue weighted by molar-refractivity contribution is -0.138. The number of hydrogen-bond donors (Lipinski definition) is 2. The maximum Gasteiger partial charge on any atom is 0.416 e. The molecular formula is C28H22F3N3O6. The van der Waals surface area contributed by atoms with Crippen molar-refractivity contribution in [2.45, 2.75) is 19.6 Å². The number of anilines is 2. The van der Waals surface area contributed by atoms with Crippen molar-refractivity contribution in [3.8, 4) is 0 Å². The van der Waals surface area contributed by atoms with E-state index in [1.54, 1.807) is 42.2 Å². The van der Waals surface area contributed by atoms with E-state index in [4.69, 9.17) is 9.15 Å². The van der Waals surface area contributed by atoms with Gasteiger partial charge in [-0.15, -0.1) is 0 Å². The van der Waals surface area contributed by atoms with Crippen molar-refractivity contribution < 1.29 is 41.5 Å². The highest BCUT2D eigenvalue weighted by Crippen LogP contribution is 2.35. The summed E-state index contributed by atoms with van der Waals surface area (Å²) in [5.74, 6) is -3.16. The third kappa shape index (κ3) is 5.96. The van der Waals surface area contributed by atoms with Gasteiger partial charge in [0.25, 0.3) is 0 Å². The van der Waals surface area contributed by atoms with Crippen LogP contribution in [-0.2, 0) is 36.6 Å². The Morgan fingerprint density at radius 1 is 1.00 bits per heavy atom. The van der Waals surface area contributed by atoms with Crippen LogP contribution < -0.4 is 15.5 Å². The Bertz CT molecular complexity index is 1540. The molecule has 0 saturated carbocycles. The van der Waals surface area contributed by atoms with Crippen molar-refractivity contribution in [2.75, 3.05) is 17.3 Å². The number of rotatable bonds is 6. The number of para-hydroxylation sites is 1. The van der Waals surface area contributed by atoms with Gasteiger partial charge in [-0.3, -0.25) is 14.4 Å². The second-order valence-corrected chi connectivity index (χ2v) is 8.50. The number of ether oxygens (including phenoxy) is 1. The lowest BCUT2D eigenvalue weighted by atomic mass is 10.1. The van der Waals surface area contributed by atoms with E-state index in [9.17, 15) is 32.3 Å². The zero-order valence-corrected chi connectivity index (χ0v) is 21.2. The Morgan fingerprint density at radius 3 is 2.40 bits per heavy atom. The molecule has 2 amide bonds. The van der Waals surface area contributed by atoms with Crippen LogP contribution >= 0.6 is 0 Å². The molecule has 0 saturated heterocycles. The molecule has 2 heterocycles. The van der Waals surface area contributed by atoms with Gasteiger partial charge in [0.2, 0.25) is 5.78 Å². The second-order valence-electron chi connectivity index (χ2n) is 8.50. The Kier molecular flexibility index (Phi) is 7.89. The second kappa shape index (κ2) is 11.3. The molecule has 12 heteroatoms. The van der Waals surface area contributed by atoms with Crippen LogP contribution in [-0.4, -0.2) is 30.7 Å². The number of methoxy groups -OCH3 is 1. The van der Waals surface area contributed by atoms with E-state index >= 15 is 0 Å². The van der Waals surface area contributed by atoms with Crippen LogP contribution in [0, 0.1) is 0 Å². The van der Waals surface area contributed by atoms with Gasteiger partial charge in [0.1, 0.15) is 17.1 Å². The monoisotopic (exact) mass is 553 g/mol. The van der Waals surface area contributed by atoms with Gasteiger partial charge in [-0.25, -0.2) is 4.79 Å². The summed E-state index contributed by atoms with van der Waals surface area (Å²) in [6.45, 7) is 1.39. The summed E-state index contributed by atoms with van der Waals surface area (Å²) in [6.07, 6.45) is -3.17. The quantitative estimate of drug-likeness (QED) is 0.201. The SMILES string of the molecule is COC(=O)C1=C(C)N(c2ccccc2)/C(=C/c2ccc(CNC(=O)C(=O)Nc3cccc(C(F)(F)F)c3)o2)C1=O. The van der Waals surface area contributed by atoms with Crippen molar-refractivity contribution in [1.82, 2.24) is 5.32 Å². The number of esters is 1. The number of benzene rings is 2. The number of ketones is 1. The summed E-state index contributed by atoms with van der Waals surface area (Å²) >= 11 is 0. The number of furan rings is 1. The maximum absolute atomic E-state index is 13.2. The molecule has 4 rings (SSSR count). The van der Waals surface area contributed by atoms with Crippen LogP contribution in [0.2, 0.25) is 0 Å². The molecule has 0 aliphatic carbocycles. The smallest absolute Gasteiger partial charge is 0.416 e. The number of alkyl halides is 3. The van der Waals surface area contributed by atoms with Crippen LogP contribution in [0.4, 0.5) is 24.5 Å². The molecule has 0 fully saturated rings. The van der Waals surface area contributed by atoms with E-state index in [-0.39, 0.29) is 35.0 Å². The summed E-state index contributed by atoms with van der Waals surface area (Å²) in [6, 6.07) is 15.8. The number of halogens is 3. The molecule has 0 spiro atoms. The Balaban J connectivity index is 1.46. The molecule has 40 heavy (non-hydrogen) atoms. The van der Waals surface area contributed by atoms with Crippen molar-refractivity contribution in [2.24, 2.45) is 0 Å². The first-order valence-corrected chi connectivity index (χ1v) is 11.8. The molecule has 1 aliphatic rings. The highest BCUT2D eigenvalue weighted by molar-refractivity contribution is 6.39. The fourth-order valence-corrected chi connectivity index (χ4v) is 3.98. The molecule has 0 unspecified atom stereocenters. The summed E-state index contributed by atoms with van der Waals surface area (Å²) in [5, 5.41) is 4.43. The number of hydrogen-bond acceptors (Lipinski definition) is 7. The Morgan fingerprint density at radius 2 is 1.73 bits per heavy atom. The van der Waals surface area contributed by atoms with Gasteiger partial charge < -0.3 is 24.7 Å². The molecule has 1 aromatic heterocycles. The molecule has 2 aromatic carbocycles. The van der Waals surface area contributed by atoms with E-state index in [0.29, 0.717) is 17.5 Å². The van der Waals surface area contributed by atoms with Crippen molar-refractivity contribution in [1.29, 1.82) is 0 Å². The predicted octanol–water partition coefficient (Wildman–Crippen LogP) is 4.43. The fraction of sp³-hybridized carbons (Fsp3) is 0.143. The van der Waals surface area contributed by atoms with E-state index in [1.807, 2.05) is 0 Å². The fourth-order valence-electron chi connectivity index (χ4n) is 3.98. The third-order valence-corrected chi connectivity index (χ3v) is 5.84. The molecule has 1 aliphatic heterocycles. The number of allylic oxidation sites excluding steroid dienone is 2. The first kappa shape index (κ1) is 27.9. The van der Waals surface area contributed by atoms with Gasteiger partial charge in [-0.2, -0.15) is 13.2 Å². The normalized spacial score (nSPS) is 14.5. The molecule has 206 valence electrons. The predicted molar refractivity (Wildman–Crippen MR) is 137 cm³/mol. The molecule has 0 bridgehead atoms. The average Bonchev–Trinajstić information content (AvgIpc) is 3.48. The minimum Gasteiger partial charge on any atom is -0.465 e. The minimum atomic E-state index is -4.60. The first-order valence-electron chi connectivity index (χ1n) is 11.8. The van der Waals surface area contributed by atoms with Crippen LogP contribution in [0.5, 0.6) is 0 Å². The van der Waals surface area contributed by atoms with Crippen molar-refractivity contribution in [3.05, 3.63) is 101 Å². The lowest BCUT2D eigenvalue weighted by Crippen LogP contribution is -2.34.